The van der Waals surface area contributed by atoms with E-state index in [2.05, 4.69) is 73.8 Å². The van der Waals surface area contributed by atoms with Crippen molar-refractivity contribution in [2.75, 3.05) is 5.32 Å². The van der Waals surface area contributed by atoms with Gasteiger partial charge in [0.25, 0.3) is 0 Å². The lowest BCUT2D eigenvalue weighted by Gasteiger charge is -2.39. The Bertz CT molecular complexity index is 547. The molecule has 1 N–H and O–H groups in total. The second-order valence-corrected chi connectivity index (χ2v) is 5.49. The number of anilines is 1. The highest BCUT2D eigenvalue weighted by Crippen LogP contribution is 2.45. The van der Waals surface area contributed by atoms with Crippen molar-refractivity contribution in [1.82, 2.24) is 0 Å². The molecular weight excluding hydrogens is 230 g/mol. The second-order valence-electron chi connectivity index (χ2n) is 5.49. The van der Waals surface area contributed by atoms with Crippen molar-refractivity contribution < 1.29 is 0 Å². The fraction of sp³-hybridized carbons (Fsp3) is 0.333. The van der Waals surface area contributed by atoms with Crippen molar-refractivity contribution in [2.45, 2.75) is 32.2 Å². The summed E-state index contributed by atoms with van der Waals surface area (Å²) >= 11 is 0. The average Bonchev–Trinajstić information content (AvgIpc) is 2.47. The van der Waals surface area contributed by atoms with Gasteiger partial charge in [0.15, 0.2) is 0 Å². The Morgan fingerprint density at radius 3 is 2.37 bits per heavy atom. The number of nitrogens with one attached hydrogen (secondary N) is 1. The summed E-state index contributed by atoms with van der Waals surface area (Å²) in [4.78, 5) is 0. The number of hydrogen-bond donors (Lipinski definition) is 1. The Hall–Kier alpha value is -1.76. The second kappa shape index (κ2) is 5.08. The first kappa shape index (κ1) is 12.3. The Labute approximate surface area is 115 Å². The highest BCUT2D eigenvalue weighted by Gasteiger charge is 2.32. The molecule has 0 saturated carbocycles. The van der Waals surface area contributed by atoms with Crippen molar-refractivity contribution >= 4 is 5.69 Å². The van der Waals surface area contributed by atoms with Crippen molar-refractivity contribution in [3.63, 3.8) is 0 Å². The van der Waals surface area contributed by atoms with E-state index >= 15 is 0 Å². The molecule has 1 heterocycles. The van der Waals surface area contributed by atoms with E-state index in [-0.39, 0.29) is 0 Å². The van der Waals surface area contributed by atoms with Crippen LogP contribution in [0.4, 0.5) is 5.69 Å². The van der Waals surface area contributed by atoms with Gasteiger partial charge in [-0.3, -0.25) is 0 Å². The molecule has 0 bridgehead atoms. The largest absolute Gasteiger partial charge is 0.378 e. The quantitative estimate of drug-likeness (QED) is 0.793. The molecule has 1 heteroatoms. The molecule has 0 amide bonds. The molecule has 1 aliphatic rings. The Morgan fingerprint density at radius 1 is 0.947 bits per heavy atom. The van der Waals surface area contributed by atoms with E-state index < -0.39 is 0 Å². The van der Waals surface area contributed by atoms with Gasteiger partial charge >= 0.3 is 0 Å². The Morgan fingerprint density at radius 2 is 1.63 bits per heavy atom. The van der Waals surface area contributed by atoms with Crippen molar-refractivity contribution in [2.24, 2.45) is 5.92 Å². The van der Waals surface area contributed by atoms with Crippen LogP contribution in [0.25, 0.3) is 0 Å². The van der Waals surface area contributed by atoms with Gasteiger partial charge in [-0.25, -0.2) is 0 Å². The molecule has 3 rings (SSSR count). The van der Waals surface area contributed by atoms with Crippen molar-refractivity contribution in [3.8, 4) is 0 Å². The smallest absolute Gasteiger partial charge is 0.0545 e. The fourth-order valence-electron chi connectivity index (χ4n) is 3.41. The maximum absolute atomic E-state index is 3.73. The van der Waals surface area contributed by atoms with Crippen LogP contribution in [0.15, 0.2) is 54.6 Å². The molecule has 3 unspecified atom stereocenters. The summed E-state index contributed by atoms with van der Waals surface area (Å²) in [6, 6.07) is 20.0. The van der Waals surface area contributed by atoms with Crippen LogP contribution in [0, 0.1) is 5.92 Å². The number of para-hydroxylation sites is 1. The monoisotopic (exact) mass is 251 g/mol. The molecule has 0 radical (unpaired) electrons. The minimum Gasteiger partial charge on any atom is -0.378 e. The summed E-state index contributed by atoms with van der Waals surface area (Å²) in [6.45, 7) is 4.67. The van der Waals surface area contributed by atoms with Crippen LogP contribution in [0.3, 0.4) is 0 Å². The van der Waals surface area contributed by atoms with Gasteiger partial charge in [0.05, 0.1) is 6.04 Å². The SMILES string of the molecule is CCC1c2ccccc2NC(c2ccccc2)C1C. The first-order valence-electron chi connectivity index (χ1n) is 7.21. The highest BCUT2D eigenvalue weighted by molar-refractivity contribution is 5.57. The summed E-state index contributed by atoms with van der Waals surface area (Å²) in [6.07, 6.45) is 1.20. The minimum atomic E-state index is 0.418. The van der Waals surface area contributed by atoms with E-state index in [0.29, 0.717) is 17.9 Å². The topological polar surface area (TPSA) is 12.0 Å². The Kier molecular flexibility index (Phi) is 3.29. The highest BCUT2D eigenvalue weighted by atomic mass is 14.9. The van der Waals surface area contributed by atoms with Crippen LogP contribution in [-0.4, -0.2) is 0 Å². The molecule has 2 aromatic rings. The lowest BCUT2D eigenvalue weighted by molar-refractivity contribution is 0.380. The van der Waals surface area contributed by atoms with E-state index in [0.717, 1.165) is 0 Å². The standard InChI is InChI=1S/C18H21N/c1-3-15-13(2)18(14-9-5-4-6-10-14)19-17-12-8-7-11-16(15)17/h4-13,15,18-19H,3H2,1-2H3. The molecule has 0 fully saturated rings. The zero-order valence-electron chi connectivity index (χ0n) is 11.6. The molecule has 0 saturated heterocycles. The lowest BCUT2D eigenvalue weighted by Crippen LogP contribution is -2.29. The van der Waals surface area contributed by atoms with Gasteiger partial charge in [-0.15, -0.1) is 0 Å². The van der Waals surface area contributed by atoms with Crippen LogP contribution >= 0.6 is 0 Å². The molecule has 1 nitrogen and oxygen atoms in total. The maximum Gasteiger partial charge on any atom is 0.0545 e. The lowest BCUT2D eigenvalue weighted by atomic mass is 9.75. The van der Waals surface area contributed by atoms with Gasteiger partial charge in [0, 0.05) is 5.69 Å². The maximum atomic E-state index is 3.73. The summed E-state index contributed by atoms with van der Waals surface area (Å²) in [5.74, 6) is 1.25. The average molecular weight is 251 g/mol. The summed E-state index contributed by atoms with van der Waals surface area (Å²) < 4.78 is 0. The van der Waals surface area contributed by atoms with E-state index in [9.17, 15) is 0 Å². The third-order valence-corrected chi connectivity index (χ3v) is 4.43. The van der Waals surface area contributed by atoms with Crippen molar-refractivity contribution in [3.05, 3.63) is 65.7 Å². The van der Waals surface area contributed by atoms with Crippen LogP contribution in [-0.2, 0) is 0 Å². The summed E-state index contributed by atoms with van der Waals surface area (Å²) in [5, 5.41) is 3.73. The van der Waals surface area contributed by atoms with Gasteiger partial charge in [-0.05, 0) is 35.4 Å². The first-order valence-corrected chi connectivity index (χ1v) is 7.21. The van der Waals surface area contributed by atoms with Crippen LogP contribution in [0.5, 0.6) is 0 Å². The van der Waals surface area contributed by atoms with Crippen LogP contribution in [0.1, 0.15) is 43.4 Å². The van der Waals surface area contributed by atoms with Crippen LogP contribution in [0.2, 0.25) is 0 Å². The molecule has 0 aromatic heterocycles. The predicted molar refractivity (Wildman–Crippen MR) is 81.4 cm³/mol. The molecular formula is C18H21N. The minimum absolute atomic E-state index is 0.418. The third kappa shape index (κ3) is 2.14. The van der Waals surface area contributed by atoms with E-state index in [1.807, 2.05) is 0 Å². The first-order chi connectivity index (χ1) is 9.31. The molecule has 0 aliphatic carbocycles. The molecule has 3 atom stereocenters. The van der Waals surface area contributed by atoms with Gasteiger partial charge in [0.2, 0.25) is 0 Å². The predicted octanol–water partition coefficient (Wildman–Crippen LogP) is 4.98. The van der Waals surface area contributed by atoms with Crippen LogP contribution < -0.4 is 5.32 Å². The number of fused-ring (bicyclic) bond motifs is 1. The zero-order valence-corrected chi connectivity index (χ0v) is 11.6. The zero-order chi connectivity index (χ0) is 13.2. The van der Waals surface area contributed by atoms with Gasteiger partial charge < -0.3 is 5.32 Å². The number of benzene rings is 2. The molecule has 0 spiro atoms. The molecule has 1 aliphatic heterocycles. The van der Waals surface area contributed by atoms with E-state index in [4.69, 9.17) is 0 Å². The number of rotatable bonds is 2. The third-order valence-electron chi connectivity index (χ3n) is 4.43. The van der Waals surface area contributed by atoms with Gasteiger partial charge in [-0.2, -0.15) is 0 Å². The molecule has 19 heavy (non-hydrogen) atoms. The molecule has 98 valence electrons. The summed E-state index contributed by atoms with van der Waals surface area (Å²) in [5.41, 5.74) is 4.17. The molecule has 2 aromatic carbocycles. The van der Waals surface area contributed by atoms with Gasteiger partial charge in [-0.1, -0.05) is 62.4 Å². The summed E-state index contributed by atoms with van der Waals surface area (Å²) in [7, 11) is 0. The Balaban J connectivity index is 2.02. The fourth-order valence-corrected chi connectivity index (χ4v) is 3.41. The normalized spacial score (nSPS) is 25.5. The van der Waals surface area contributed by atoms with Crippen molar-refractivity contribution in [1.29, 1.82) is 0 Å². The van der Waals surface area contributed by atoms with E-state index in [1.165, 1.54) is 23.2 Å². The van der Waals surface area contributed by atoms with E-state index in [1.54, 1.807) is 0 Å². The number of hydrogen-bond acceptors (Lipinski definition) is 1. The van der Waals surface area contributed by atoms with Gasteiger partial charge in [0.1, 0.15) is 0 Å².